The third-order valence-electron chi connectivity index (χ3n) is 5.56. The summed E-state index contributed by atoms with van der Waals surface area (Å²) in [6.45, 7) is 0.767. The van der Waals surface area contributed by atoms with E-state index in [2.05, 4.69) is 9.72 Å². The summed E-state index contributed by atoms with van der Waals surface area (Å²) in [5, 5.41) is 11.1. The molecule has 2 aromatic carbocycles. The summed E-state index contributed by atoms with van der Waals surface area (Å²) >= 11 is 0.769. The van der Waals surface area contributed by atoms with E-state index in [1.165, 1.54) is 24.3 Å². The van der Waals surface area contributed by atoms with Crippen LogP contribution in [0.3, 0.4) is 0 Å². The minimum Gasteiger partial charge on any atom is -0.406 e. The molecule has 0 atom stereocenters. The van der Waals surface area contributed by atoms with Crippen molar-refractivity contribution in [2.45, 2.75) is 31.3 Å². The highest BCUT2D eigenvalue weighted by molar-refractivity contribution is 7.22. The number of hydrogen-bond acceptors (Lipinski definition) is 7. The minimum atomic E-state index is -4.87. The molecule has 2 heterocycles. The number of benzene rings is 2. The van der Waals surface area contributed by atoms with Gasteiger partial charge >= 0.3 is 12.5 Å². The molecule has 0 N–H and O–H groups in total. The Morgan fingerprint density at radius 1 is 1.06 bits per heavy atom. The molecule has 3 aromatic rings. The molecule has 0 saturated carbocycles. The monoisotopic (exact) mass is 519 g/mol. The van der Waals surface area contributed by atoms with Gasteiger partial charge in [0.25, 0.3) is 11.2 Å². The molecular formula is C21H15F6N3O4S. The molecule has 7 nitrogen and oxygen atoms in total. The Bertz CT molecular complexity index is 1320. The van der Waals surface area contributed by atoms with Gasteiger partial charge < -0.3 is 9.64 Å². The van der Waals surface area contributed by atoms with Crippen molar-refractivity contribution in [1.29, 1.82) is 0 Å². The second kappa shape index (κ2) is 8.98. The quantitative estimate of drug-likeness (QED) is 0.244. The smallest absolute Gasteiger partial charge is 0.406 e. The van der Waals surface area contributed by atoms with E-state index >= 15 is 0 Å². The van der Waals surface area contributed by atoms with Gasteiger partial charge in [-0.15, -0.1) is 13.2 Å². The van der Waals surface area contributed by atoms with Crippen molar-refractivity contribution in [3.63, 3.8) is 0 Å². The highest BCUT2D eigenvalue weighted by Crippen LogP contribution is 2.39. The number of fused-ring (bicyclic) bond motifs is 1. The molecule has 1 aromatic heterocycles. The van der Waals surface area contributed by atoms with Gasteiger partial charge in [-0.3, -0.25) is 14.9 Å². The van der Waals surface area contributed by atoms with Gasteiger partial charge in [0.2, 0.25) is 0 Å². The first-order chi connectivity index (χ1) is 16.3. The maximum atomic E-state index is 13.1. The number of nitrogens with zero attached hydrogens (tertiary/aromatic N) is 3. The molecule has 14 heteroatoms. The number of piperidine rings is 1. The van der Waals surface area contributed by atoms with Crippen LogP contribution in [0.4, 0.5) is 37.2 Å². The largest absolute Gasteiger partial charge is 0.573 e. The first-order valence-electron chi connectivity index (χ1n) is 10.1. The summed E-state index contributed by atoms with van der Waals surface area (Å²) in [5.41, 5.74) is -2.32. The highest BCUT2D eigenvalue weighted by atomic mass is 32.1. The van der Waals surface area contributed by atoms with Gasteiger partial charge in [0.1, 0.15) is 10.4 Å². The third kappa shape index (κ3) is 5.47. The zero-order valence-corrected chi connectivity index (χ0v) is 18.3. The Labute approximate surface area is 196 Å². The van der Waals surface area contributed by atoms with E-state index in [0.29, 0.717) is 38.1 Å². The SMILES string of the molecule is O=c1nc(N2CCC(c3ccc(OC(F)(F)F)cc3)CC2)sc2c([N+](=O)[O-])cc(C(F)(F)F)cc12. The number of non-ortho nitro benzene ring substituents is 1. The number of nitro benzene ring substituents is 1. The maximum Gasteiger partial charge on any atom is 0.573 e. The number of anilines is 1. The van der Waals surface area contributed by atoms with Gasteiger partial charge in [0.15, 0.2) is 5.13 Å². The van der Waals surface area contributed by atoms with Crippen molar-refractivity contribution in [1.82, 2.24) is 4.98 Å². The summed E-state index contributed by atoms with van der Waals surface area (Å²) < 4.78 is 80.0. The standard InChI is InChI=1S/C21H15F6N3O4S/c22-20(23,24)13-9-15-17(16(10-13)30(32)33)35-19(28-18(15)31)29-7-5-12(6-8-29)11-1-3-14(4-2-11)34-21(25,26)27/h1-4,9-10,12H,5-8H2. The zero-order chi connectivity index (χ0) is 25.5. The molecular weight excluding hydrogens is 504 g/mol. The molecule has 1 saturated heterocycles. The molecule has 35 heavy (non-hydrogen) atoms. The van der Waals surface area contributed by atoms with Crippen molar-refractivity contribution in [3.05, 3.63) is 68.0 Å². The fourth-order valence-corrected chi connectivity index (χ4v) is 5.04. The fourth-order valence-electron chi connectivity index (χ4n) is 3.92. The molecule has 0 radical (unpaired) electrons. The average molecular weight is 519 g/mol. The van der Waals surface area contributed by atoms with Crippen molar-refractivity contribution < 1.29 is 36.0 Å². The van der Waals surface area contributed by atoms with Crippen molar-refractivity contribution in [2.75, 3.05) is 18.0 Å². The van der Waals surface area contributed by atoms with Gasteiger partial charge in [-0.05, 0) is 42.5 Å². The van der Waals surface area contributed by atoms with Crippen LogP contribution < -0.4 is 15.2 Å². The number of ether oxygens (including phenoxy) is 1. The lowest BCUT2D eigenvalue weighted by atomic mass is 9.89. The van der Waals surface area contributed by atoms with Gasteiger partial charge in [-0.2, -0.15) is 18.2 Å². The van der Waals surface area contributed by atoms with Crippen molar-refractivity contribution in [2.24, 2.45) is 0 Å². The molecule has 1 aliphatic rings. The lowest BCUT2D eigenvalue weighted by molar-refractivity contribution is -0.383. The first kappa shape index (κ1) is 24.7. The molecule has 186 valence electrons. The molecule has 0 bridgehead atoms. The lowest BCUT2D eigenvalue weighted by Crippen LogP contribution is -2.34. The van der Waals surface area contributed by atoms with Gasteiger partial charge in [0, 0.05) is 19.2 Å². The summed E-state index contributed by atoms with van der Waals surface area (Å²) in [4.78, 5) is 28.5. The molecule has 1 fully saturated rings. The van der Waals surface area contributed by atoms with Crippen LogP contribution in [0.25, 0.3) is 10.1 Å². The topological polar surface area (TPSA) is 85.6 Å². The number of halogens is 6. The predicted octanol–water partition coefficient (Wildman–Crippen LogP) is 5.87. The number of nitro groups is 1. The fraction of sp³-hybridized carbons (Fsp3) is 0.333. The Hall–Kier alpha value is -3.42. The van der Waals surface area contributed by atoms with E-state index < -0.39 is 39.7 Å². The summed E-state index contributed by atoms with van der Waals surface area (Å²) in [5.74, 6) is -0.328. The summed E-state index contributed by atoms with van der Waals surface area (Å²) in [7, 11) is 0. The molecule has 0 amide bonds. The van der Waals surface area contributed by atoms with Crippen LogP contribution in [0.1, 0.15) is 29.9 Å². The van der Waals surface area contributed by atoms with Crippen LogP contribution in [0.2, 0.25) is 0 Å². The number of alkyl halides is 6. The van der Waals surface area contributed by atoms with Gasteiger partial charge in [0.05, 0.1) is 15.9 Å². The molecule has 1 aliphatic heterocycles. The number of rotatable bonds is 4. The number of hydrogen-bond donors (Lipinski definition) is 0. The van der Waals surface area contributed by atoms with E-state index in [1.54, 1.807) is 4.90 Å². The number of aromatic nitrogens is 1. The second-order valence-electron chi connectivity index (χ2n) is 7.81. The summed E-state index contributed by atoms with van der Waals surface area (Å²) in [6.07, 6.45) is -8.55. The van der Waals surface area contributed by atoms with E-state index in [0.717, 1.165) is 16.9 Å². The Morgan fingerprint density at radius 3 is 2.23 bits per heavy atom. The molecule has 0 aliphatic carbocycles. The van der Waals surface area contributed by atoms with E-state index in [-0.39, 0.29) is 21.5 Å². The van der Waals surface area contributed by atoms with Crippen LogP contribution in [0, 0.1) is 10.1 Å². The minimum absolute atomic E-state index is 0.00652. The Balaban J connectivity index is 1.56. The third-order valence-corrected chi connectivity index (χ3v) is 6.73. The second-order valence-corrected chi connectivity index (χ2v) is 8.78. The summed E-state index contributed by atoms with van der Waals surface area (Å²) in [6, 6.07) is 6.49. The van der Waals surface area contributed by atoms with Crippen LogP contribution >= 0.6 is 11.3 Å². The maximum absolute atomic E-state index is 13.1. The van der Waals surface area contributed by atoms with E-state index in [4.69, 9.17) is 0 Å². The van der Waals surface area contributed by atoms with Crippen molar-refractivity contribution >= 4 is 32.2 Å². The highest BCUT2D eigenvalue weighted by Gasteiger charge is 2.35. The zero-order valence-electron chi connectivity index (χ0n) is 17.5. The Kier molecular flexibility index (Phi) is 6.34. The lowest BCUT2D eigenvalue weighted by Gasteiger charge is -2.32. The van der Waals surface area contributed by atoms with Crippen LogP contribution in [-0.2, 0) is 6.18 Å². The van der Waals surface area contributed by atoms with Gasteiger partial charge in [-0.1, -0.05) is 23.5 Å². The molecule has 0 unspecified atom stereocenters. The van der Waals surface area contributed by atoms with Crippen LogP contribution in [-0.4, -0.2) is 29.4 Å². The van der Waals surface area contributed by atoms with Crippen LogP contribution in [0.5, 0.6) is 5.75 Å². The molecule has 4 rings (SSSR count). The molecule has 0 spiro atoms. The van der Waals surface area contributed by atoms with Gasteiger partial charge in [-0.25, -0.2) is 0 Å². The predicted molar refractivity (Wildman–Crippen MR) is 115 cm³/mol. The van der Waals surface area contributed by atoms with E-state index in [9.17, 15) is 41.3 Å². The van der Waals surface area contributed by atoms with Crippen molar-refractivity contribution in [3.8, 4) is 5.75 Å². The average Bonchev–Trinajstić information content (AvgIpc) is 2.77. The van der Waals surface area contributed by atoms with Crippen LogP contribution in [0.15, 0.2) is 41.2 Å². The van der Waals surface area contributed by atoms with E-state index in [1.807, 2.05) is 0 Å². The first-order valence-corrected chi connectivity index (χ1v) is 10.9. The Morgan fingerprint density at radius 2 is 1.69 bits per heavy atom. The normalized spacial score (nSPS) is 15.4.